The molecule has 0 aliphatic heterocycles. The Labute approximate surface area is 121 Å². The molecule has 0 saturated carbocycles. The molecule has 10 heteroatoms. The van der Waals surface area contributed by atoms with Gasteiger partial charge in [0.05, 0.1) is 0 Å². The molecule has 1 aromatic rings. The van der Waals surface area contributed by atoms with E-state index in [4.69, 9.17) is 0 Å². The summed E-state index contributed by atoms with van der Waals surface area (Å²) in [7, 11) is -4.37. The van der Waals surface area contributed by atoms with Gasteiger partial charge in [-0.2, -0.15) is 0 Å². The summed E-state index contributed by atoms with van der Waals surface area (Å²) in [6.07, 6.45) is 0. The molecule has 6 N–H and O–H groups in total. The van der Waals surface area contributed by atoms with E-state index in [1.807, 2.05) is 0 Å². The Morgan fingerprint density at radius 1 is 1.00 bits per heavy atom. The summed E-state index contributed by atoms with van der Waals surface area (Å²) in [5.74, 6) is 0. The van der Waals surface area contributed by atoms with Crippen molar-refractivity contribution < 1.29 is 62.7 Å². The number of rotatable bonds is 2. The first kappa shape index (κ1) is 25.3. The molecule has 0 radical (unpaired) electrons. The van der Waals surface area contributed by atoms with Crippen LogP contribution in [0.25, 0.3) is 0 Å². The van der Waals surface area contributed by atoms with E-state index in [0.29, 0.717) is 4.35 Å². The molecule has 0 amide bonds. The molecule has 1 rings (SSSR count). The van der Waals surface area contributed by atoms with Crippen LogP contribution in [0.15, 0.2) is 29.2 Å². The average Bonchev–Trinajstić information content (AvgIpc) is 2.03. The van der Waals surface area contributed by atoms with E-state index >= 15 is 0 Å². The second-order valence-corrected chi connectivity index (χ2v) is 4.89. The molecular formula is C6H10AsNaO7S. The van der Waals surface area contributed by atoms with E-state index in [0.717, 1.165) is 12.1 Å². The summed E-state index contributed by atoms with van der Waals surface area (Å²) in [4.78, 5) is -0.291. The third kappa shape index (κ3) is 7.61. The van der Waals surface area contributed by atoms with Crippen molar-refractivity contribution in [3.8, 4) is 0 Å². The molecule has 0 saturated heterocycles. The minimum absolute atomic E-state index is 0. The minimum Gasteiger partial charge on any atom is 1.00 e. The summed E-state index contributed by atoms with van der Waals surface area (Å²) in [5.41, 5.74) is 0. The third-order valence-corrected chi connectivity index (χ3v) is 3.15. The van der Waals surface area contributed by atoms with Gasteiger partial charge in [-0.3, -0.25) is 0 Å². The van der Waals surface area contributed by atoms with Gasteiger partial charge in [-0.05, 0) is 0 Å². The van der Waals surface area contributed by atoms with Gasteiger partial charge in [-0.1, -0.05) is 0 Å². The van der Waals surface area contributed by atoms with Crippen LogP contribution in [-0.4, -0.2) is 45.1 Å². The molecule has 7 nitrogen and oxygen atoms in total. The minimum atomic E-state index is -4.37. The summed E-state index contributed by atoms with van der Waals surface area (Å²) in [6.45, 7) is 0. The SMILES string of the molecule is O.O.O.O=[As]c1ccc(S(=O)(=O)[O-])cc1.[Na+]. The zero-order valence-corrected chi connectivity index (χ0v) is 13.0. The summed E-state index contributed by atoms with van der Waals surface area (Å²) in [6, 6.07) is 5.06. The van der Waals surface area contributed by atoms with Crippen molar-refractivity contribution in [1.82, 2.24) is 0 Å². The fraction of sp³-hybridized carbons (Fsp3) is 0. The standard InChI is InChI=1S/C6H5AsO4S.Na.3H2O/c8-7-5-1-3-6(4-2-5)12(9,10)11;;;;/h1-4H,(H,9,10,11);;3*1H2/q;+1;;;/p-1. The Morgan fingerprint density at radius 3 is 1.62 bits per heavy atom. The summed E-state index contributed by atoms with van der Waals surface area (Å²) in [5, 5.41) is 0. The monoisotopic (exact) mass is 324 g/mol. The first-order valence-electron chi connectivity index (χ1n) is 2.93. The van der Waals surface area contributed by atoms with Crippen LogP contribution in [0.4, 0.5) is 0 Å². The van der Waals surface area contributed by atoms with Crippen molar-refractivity contribution >= 4 is 30.2 Å². The predicted octanol–water partition coefficient (Wildman–Crippen LogP) is -6.20. The molecule has 0 fully saturated rings. The second-order valence-electron chi connectivity index (χ2n) is 2.04. The summed E-state index contributed by atoms with van der Waals surface area (Å²) < 4.78 is 42.1. The van der Waals surface area contributed by atoms with Crippen LogP contribution in [0.2, 0.25) is 0 Å². The van der Waals surface area contributed by atoms with E-state index in [1.165, 1.54) is 12.1 Å². The van der Waals surface area contributed by atoms with Crippen molar-refractivity contribution in [2.45, 2.75) is 4.90 Å². The van der Waals surface area contributed by atoms with E-state index in [1.54, 1.807) is 0 Å². The topological polar surface area (TPSA) is 169 Å². The average molecular weight is 324 g/mol. The van der Waals surface area contributed by atoms with Crippen molar-refractivity contribution in [3.05, 3.63) is 24.3 Å². The van der Waals surface area contributed by atoms with Gasteiger partial charge in [0.1, 0.15) is 0 Å². The van der Waals surface area contributed by atoms with Crippen LogP contribution in [-0.2, 0) is 13.9 Å². The van der Waals surface area contributed by atoms with E-state index in [9.17, 15) is 16.7 Å². The van der Waals surface area contributed by atoms with Gasteiger partial charge in [-0.25, -0.2) is 0 Å². The van der Waals surface area contributed by atoms with Gasteiger partial charge >= 0.3 is 106 Å². The molecule has 88 valence electrons. The molecular weight excluding hydrogens is 314 g/mol. The van der Waals surface area contributed by atoms with Gasteiger partial charge < -0.3 is 16.4 Å². The Balaban J connectivity index is -0.000000180. The molecule has 0 aromatic heterocycles. The number of benzene rings is 1. The fourth-order valence-corrected chi connectivity index (χ4v) is 1.71. The van der Waals surface area contributed by atoms with Crippen LogP contribution in [0, 0.1) is 0 Å². The largest absolute Gasteiger partial charge is 1.00 e. The maximum Gasteiger partial charge on any atom is 1.00 e. The second kappa shape index (κ2) is 10.5. The Hall–Kier alpha value is 0.368. The molecule has 0 atom stereocenters. The summed E-state index contributed by atoms with van der Waals surface area (Å²) >= 11 is -1.16. The van der Waals surface area contributed by atoms with Gasteiger partial charge in [-0.15, -0.1) is 0 Å². The molecule has 16 heavy (non-hydrogen) atoms. The number of hydrogen-bond acceptors (Lipinski definition) is 4. The van der Waals surface area contributed by atoms with Crippen molar-refractivity contribution in [3.63, 3.8) is 0 Å². The van der Waals surface area contributed by atoms with Crippen LogP contribution in [0.5, 0.6) is 0 Å². The molecule has 0 bridgehead atoms. The van der Waals surface area contributed by atoms with Crippen molar-refractivity contribution in [2.75, 3.05) is 0 Å². The smallest absolute Gasteiger partial charge is 1.00 e. The Kier molecular flexibility index (Phi) is 16.6. The molecule has 1 aromatic carbocycles. The van der Waals surface area contributed by atoms with Crippen molar-refractivity contribution in [1.29, 1.82) is 0 Å². The molecule has 0 aliphatic carbocycles. The normalized spacial score (nSPS) is 8.81. The van der Waals surface area contributed by atoms with E-state index in [-0.39, 0.29) is 50.9 Å². The quantitative estimate of drug-likeness (QED) is 0.389. The Bertz CT molecular complexity index is 390. The number of hydrogen-bond donors (Lipinski definition) is 0. The van der Waals surface area contributed by atoms with Gasteiger partial charge in [0.25, 0.3) is 0 Å². The maximum absolute atomic E-state index is 10.4. The predicted molar refractivity (Wildman–Crippen MR) is 51.3 cm³/mol. The third-order valence-electron chi connectivity index (χ3n) is 1.23. The van der Waals surface area contributed by atoms with Crippen LogP contribution >= 0.6 is 0 Å². The van der Waals surface area contributed by atoms with E-state index < -0.39 is 25.8 Å². The van der Waals surface area contributed by atoms with E-state index in [2.05, 4.69) is 0 Å². The van der Waals surface area contributed by atoms with Gasteiger partial charge in [0.15, 0.2) is 0 Å². The maximum atomic E-state index is 10.4. The molecule has 0 heterocycles. The van der Waals surface area contributed by atoms with Crippen LogP contribution < -0.4 is 33.9 Å². The zero-order valence-electron chi connectivity index (χ0n) is 8.30. The van der Waals surface area contributed by atoms with Crippen LogP contribution in [0.3, 0.4) is 0 Å². The van der Waals surface area contributed by atoms with Gasteiger partial charge in [0, 0.05) is 0 Å². The van der Waals surface area contributed by atoms with Crippen molar-refractivity contribution in [2.24, 2.45) is 0 Å². The Morgan fingerprint density at radius 2 is 1.38 bits per heavy atom. The molecule has 0 unspecified atom stereocenters. The fourth-order valence-electron chi connectivity index (χ4n) is 0.674. The molecule has 0 aliphatic rings. The molecule has 0 spiro atoms. The van der Waals surface area contributed by atoms with Gasteiger partial charge in [0.2, 0.25) is 0 Å². The first-order chi connectivity index (χ1) is 5.54. The zero-order chi connectivity index (χ0) is 9.19. The first-order valence-corrected chi connectivity index (χ1v) is 6.04. The van der Waals surface area contributed by atoms with Crippen LogP contribution in [0.1, 0.15) is 0 Å².